The highest BCUT2D eigenvalue weighted by Crippen LogP contribution is 2.06. The molecule has 0 aliphatic rings. The fourth-order valence-corrected chi connectivity index (χ4v) is 1.33. The molecule has 0 aliphatic heterocycles. The highest BCUT2D eigenvalue weighted by Gasteiger charge is 1.87. The van der Waals surface area contributed by atoms with Crippen LogP contribution in [0.3, 0.4) is 0 Å². The smallest absolute Gasteiger partial charge is 0.0348 e. The van der Waals surface area contributed by atoms with Gasteiger partial charge in [-0.2, -0.15) is 0 Å². The summed E-state index contributed by atoms with van der Waals surface area (Å²) in [7, 11) is 0. The van der Waals surface area contributed by atoms with E-state index < -0.39 is 0 Å². The van der Waals surface area contributed by atoms with Crippen LogP contribution >= 0.6 is 0 Å². The minimum absolute atomic E-state index is 1.25. The van der Waals surface area contributed by atoms with Crippen LogP contribution in [0.5, 0.6) is 0 Å². The molecular formula is C13H24. The number of allylic oxidation sites excluding steroid dienone is 4. The quantitative estimate of drug-likeness (QED) is 0.369. The van der Waals surface area contributed by atoms with Crippen molar-refractivity contribution in [3.05, 3.63) is 24.3 Å². The van der Waals surface area contributed by atoms with Crippen LogP contribution in [-0.4, -0.2) is 0 Å². The Bertz CT molecular complexity index is 131. The average molecular weight is 180 g/mol. The third-order valence-corrected chi connectivity index (χ3v) is 2.16. The fraction of sp³-hybridized carbons (Fsp3) is 0.692. The maximum absolute atomic E-state index is 2.26. The molecule has 0 saturated heterocycles. The standard InChI is InChI=1S/C13H24/c1-3-5-7-9-11-13-12-10-8-6-4-2/h3,5,7,9H,4,6,8,10-13H2,1-2H3/b5-3?,9-7+. The zero-order valence-electron chi connectivity index (χ0n) is 9.26. The van der Waals surface area contributed by atoms with Gasteiger partial charge in [0, 0.05) is 0 Å². The summed E-state index contributed by atoms with van der Waals surface area (Å²) >= 11 is 0. The van der Waals surface area contributed by atoms with Gasteiger partial charge in [0.15, 0.2) is 0 Å². The predicted octanol–water partition coefficient (Wildman–Crippen LogP) is 4.87. The number of unbranched alkanes of at least 4 members (excludes halogenated alkanes) is 6. The highest BCUT2D eigenvalue weighted by molar-refractivity contribution is 5.00. The van der Waals surface area contributed by atoms with E-state index >= 15 is 0 Å². The van der Waals surface area contributed by atoms with Gasteiger partial charge in [-0.3, -0.25) is 0 Å². The SMILES string of the molecule is CC=C/C=C/CCCCCCCC. The van der Waals surface area contributed by atoms with Crippen molar-refractivity contribution in [2.75, 3.05) is 0 Å². The van der Waals surface area contributed by atoms with E-state index in [4.69, 9.17) is 0 Å². The molecule has 0 spiro atoms. The summed E-state index contributed by atoms with van der Waals surface area (Å²) in [6, 6.07) is 0. The first-order valence-corrected chi connectivity index (χ1v) is 5.69. The van der Waals surface area contributed by atoms with Crippen molar-refractivity contribution in [2.45, 2.75) is 58.8 Å². The van der Waals surface area contributed by atoms with Gasteiger partial charge in [0.1, 0.15) is 0 Å². The molecule has 76 valence electrons. The van der Waals surface area contributed by atoms with Crippen LogP contribution < -0.4 is 0 Å². The van der Waals surface area contributed by atoms with Crippen LogP contribution in [0.1, 0.15) is 58.8 Å². The molecule has 0 rings (SSSR count). The van der Waals surface area contributed by atoms with Gasteiger partial charge in [-0.25, -0.2) is 0 Å². The molecule has 0 amide bonds. The molecule has 0 atom stereocenters. The molecule has 0 heteroatoms. The van der Waals surface area contributed by atoms with Gasteiger partial charge in [-0.1, -0.05) is 63.3 Å². The summed E-state index contributed by atoms with van der Waals surface area (Å²) in [4.78, 5) is 0. The lowest BCUT2D eigenvalue weighted by molar-refractivity contribution is 0.611. The monoisotopic (exact) mass is 180 g/mol. The topological polar surface area (TPSA) is 0 Å². The first kappa shape index (κ1) is 12.5. The Kier molecular flexibility index (Phi) is 11.0. The summed E-state index contributed by atoms with van der Waals surface area (Å²) in [6.45, 7) is 4.31. The summed E-state index contributed by atoms with van der Waals surface area (Å²) in [6.07, 6.45) is 18.2. The van der Waals surface area contributed by atoms with Gasteiger partial charge in [0.05, 0.1) is 0 Å². The van der Waals surface area contributed by atoms with Crippen LogP contribution in [0.2, 0.25) is 0 Å². The largest absolute Gasteiger partial charge is 0.0877 e. The summed E-state index contributed by atoms with van der Waals surface area (Å²) in [5.41, 5.74) is 0. The first-order chi connectivity index (χ1) is 6.41. The van der Waals surface area contributed by atoms with Crippen molar-refractivity contribution in [3.8, 4) is 0 Å². The lowest BCUT2D eigenvalue weighted by atomic mass is 10.1. The Morgan fingerprint density at radius 2 is 1.54 bits per heavy atom. The van der Waals surface area contributed by atoms with E-state index in [0.29, 0.717) is 0 Å². The number of hydrogen-bond acceptors (Lipinski definition) is 0. The minimum atomic E-state index is 1.25. The molecular weight excluding hydrogens is 156 g/mol. The second-order valence-corrected chi connectivity index (χ2v) is 3.51. The second kappa shape index (κ2) is 11.5. The van der Waals surface area contributed by atoms with E-state index in [1.807, 2.05) is 0 Å². The predicted molar refractivity (Wildman–Crippen MR) is 61.9 cm³/mol. The van der Waals surface area contributed by atoms with Crippen LogP contribution in [0.25, 0.3) is 0 Å². The van der Waals surface area contributed by atoms with Crippen molar-refractivity contribution in [1.29, 1.82) is 0 Å². The van der Waals surface area contributed by atoms with Crippen molar-refractivity contribution in [1.82, 2.24) is 0 Å². The summed E-state index contributed by atoms with van der Waals surface area (Å²) in [5, 5.41) is 0. The molecule has 0 bridgehead atoms. The van der Waals surface area contributed by atoms with Crippen molar-refractivity contribution in [3.63, 3.8) is 0 Å². The van der Waals surface area contributed by atoms with E-state index in [2.05, 4.69) is 38.2 Å². The van der Waals surface area contributed by atoms with Gasteiger partial charge < -0.3 is 0 Å². The zero-order chi connectivity index (χ0) is 9.78. The Hall–Kier alpha value is -0.520. The Morgan fingerprint density at radius 3 is 2.23 bits per heavy atom. The van der Waals surface area contributed by atoms with Crippen LogP contribution in [0, 0.1) is 0 Å². The third kappa shape index (κ3) is 11.5. The van der Waals surface area contributed by atoms with Gasteiger partial charge >= 0.3 is 0 Å². The van der Waals surface area contributed by atoms with Gasteiger partial charge in [-0.05, 0) is 19.8 Å². The Labute approximate surface area is 83.7 Å². The maximum Gasteiger partial charge on any atom is -0.0348 e. The van der Waals surface area contributed by atoms with Crippen LogP contribution in [0.15, 0.2) is 24.3 Å². The van der Waals surface area contributed by atoms with E-state index in [9.17, 15) is 0 Å². The highest BCUT2D eigenvalue weighted by atomic mass is 13.9. The molecule has 0 saturated carbocycles. The van der Waals surface area contributed by atoms with E-state index in [1.165, 1.54) is 44.9 Å². The van der Waals surface area contributed by atoms with E-state index in [0.717, 1.165) is 0 Å². The number of hydrogen-bond donors (Lipinski definition) is 0. The molecule has 0 fully saturated rings. The lowest BCUT2D eigenvalue weighted by Gasteiger charge is -1.97. The summed E-state index contributed by atoms with van der Waals surface area (Å²) in [5.74, 6) is 0. The third-order valence-electron chi connectivity index (χ3n) is 2.16. The van der Waals surface area contributed by atoms with Gasteiger partial charge in [0.2, 0.25) is 0 Å². The second-order valence-electron chi connectivity index (χ2n) is 3.51. The van der Waals surface area contributed by atoms with Crippen molar-refractivity contribution in [2.24, 2.45) is 0 Å². The lowest BCUT2D eigenvalue weighted by Crippen LogP contribution is -1.77. The van der Waals surface area contributed by atoms with Gasteiger partial charge in [-0.15, -0.1) is 0 Å². The minimum Gasteiger partial charge on any atom is -0.0877 e. The van der Waals surface area contributed by atoms with Crippen LogP contribution in [-0.2, 0) is 0 Å². The molecule has 0 N–H and O–H groups in total. The van der Waals surface area contributed by atoms with Crippen molar-refractivity contribution < 1.29 is 0 Å². The molecule has 0 unspecified atom stereocenters. The molecule has 0 heterocycles. The van der Waals surface area contributed by atoms with Crippen LogP contribution in [0.4, 0.5) is 0 Å². The van der Waals surface area contributed by atoms with E-state index in [1.54, 1.807) is 0 Å². The Balaban J connectivity index is 2.99. The molecule has 0 nitrogen and oxygen atoms in total. The molecule has 0 aromatic heterocycles. The fourth-order valence-electron chi connectivity index (χ4n) is 1.33. The average Bonchev–Trinajstić information content (AvgIpc) is 2.16. The van der Waals surface area contributed by atoms with Crippen molar-refractivity contribution >= 4 is 0 Å². The molecule has 0 aromatic rings. The van der Waals surface area contributed by atoms with Gasteiger partial charge in [0.25, 0.3) is 0 Å². The molecule has 13 heavy (non-hydrogen) atoms. The number of rotatable bonds is 8. The summed E-state index contributed by atoms with van der Waals surface area (Å²) < 4.78 is 0. The van der Waals surface area contributed by atoms with E-state index in [-0.39, 0.29) is 0 Å². The Morgan fingerprint density at radius 1 is 0.846 bits per heavy atom. The molecule has 0 radical (unpaired) electrons. The molecule has 0 aliphatic carbocycles. The normalized spacial score (nSPS) is 11.8. The molecule has 0 aromatic carbocycles. The maximum atomic E-state index is 2.26. The first-order valence-electron chi connectivity index (χ1n) is 5.69. The zero-order valence-corrected chi connectivity index (χ0v) is 9.26.